The highest BCUT2D eigenvalue weighted by atomic mass is 32.2. The van der Waals surface area contributed by atoms with Crippen molar-refractivity contribution in [1.29, 1.82) is 0 Å². The van der Waals surface area contributed by atoms with Gasteiger partial charge >= 0.3 is 6.09 Å². The Morgan fingerprint density at radius 3 is 2.36 bits per heavy atom. The molecule has 5 aliphatic rings. The first-order chi connectivity index (χ1) is 26.9. The van der Waals surface area contributed by atoms with Gasteiger partial charge in [0.1, 0.15) is 5.82 Å². The van der Waals surface area contributed by atoms with Crippen LogP contribution in [-0.4, -0.2) is 131 Å². The number of methoxy groups -OCH3 is 1. The van der Waals surface area contributed by atoms with E-state index in [4.69, 9.17) is 9.73 Å². The Morgan fingerprint density at radius 1 is 1.00 bits per heavy atom. The van der Waals surface area contributed by atoms with E-state index in [1.54, 1.807) is 23.1 Å². The molecule has 13 heteroatoms. The first kappa shape index (κ1) is 40.4. The lowest BCUT2D eigenvalue weighted by atomic mass is 9.54. The lowest BCUT2D eigenvalue weighted by Gasteiger charge is -2.58. The average molecular weight is 791 g/mol. The minimum Gasteiger partial charge on any atom is -0.453 e. The van der Waals surface area contributed by atoms with Crippen LogP contribution in [0.3, 0.4) is 0 Å². The minimum absolute atomic E-state index is 0.0724. The van der Waals surface area contributed by atoms with Gasteiger partial charge in [0.25, 0.3) is 0 Å². The molecule has 4 heterocycles. The number of carbonyl (C=O) groups excluding carboxylic acids is 2. The predicted molar refractivity (Wildman–Crippen MR) is 218 cm³/mol. The van der Waals surface area contributed by atoms with E-state index < -0.39 is 32.1 Å². The molecule has 11 nitrogen and oxygen atoms in total. The van der Waals surface area contributed by atoms with E-state index >= 15 is 4.39 Å². The van der Waals surface area contributed by atoms with Gasteiger partial charge in [-0.25, -0.2) is 17.6 Å². The van der Waals surface area contributed by atoms with E-state index in [0.717, 1.165) is 102 Å². The number of aliphatic imine (C=N–C) groups is 1. The summed E-state index contributed by atoms with van der Waals surface area (Å²) < 4.78 is 47.4. The van der Waals surface area contributed by atoms with Crippen molar-refractivity contribution in [1.82, 2.24) is 20.0 Å². The molecule has 1 N–H and O–H groups in total. The van der Waals surface area contributed by atoms with Gasteiger partial charge in [0, 0.05) is 55.8 Å². The summed E-state index contributed by atoms with van der Waals surface area (Å²) in [5.41, 5.74) is 0.725. The quantitative estimate of drug-likeness (QED) is 0.215. The highest BCUT2D eigenvalue weighted by molar-refractivity contribution is 7.92. The van der Waals surface area contributed by atoms with Crippen molar-refractivity contribution in [3.8, 4) is 0 Å². The minimum atomic E-state index is -3.58. The highest BCUT2D eigenvalue weighted by Gasteiger charge is 2.63. The second kappa shape index (κ2) is 16.2. The fraction of sp³-hybridized carbons (Fsp3) is 0.605. The Balaban J connectivity index is 1.04. The number of amides is 2. The maximum Gasteiger partial charge on any atom is 0.407 e. The Bertz CT molecular complexity index is 1880. The number of alkyl carbamates (subject to hydrolysis) is 1. The van der Waals surface area contributed by atoms with Crippen LogP contribution in [0.15, 0.2) is 71.1 Å². The molecule has 0 aromatic heterocycles. The van der Waals surface area contributed by atoms with Crippen molar-refractivity contribution in [2.45, 2.75) is 85.4 Å². The second-order valence-electron chi connectivity index (χ2n) is 17.3. The van der Waals surface area contributed by atoms with Crippen LogP contribution in [0, 0.1) is 17.2 Å². The molecular formula is C43H59FN6O5S. The number of rotatable bonds is 13. The summed E-state index contributed by atoms with van der Waals surface area (Å²) in [6, 6.07) is 14.0. The number of halogens is 1. The van der Waals surface area contributed by atoms with Crippen molar-refractivity contribution in [3.63, 3.8) is 0 Å². The van der Waals surface area contributed by atoms with Gasteiger partial charge in [0.2, 0.25) is 5.91 Å². The number of likely N-dealkylation sites (tertiary alicyclic amines) is 3. The third-order valence-corrected chi connectivity index (χ3v) is 16.0. The molecule has 2 aromatic carbocycles. The number of benzene rings is 2. The fourth-order valence-electron chi connectivity index (χ4n) is 10.9. The topological polar surface area (TPSA) is 115 Å². The summed E-state index contributed by atoms with van der Waals surface area (Å²) in [7, 11) is -2.19. The van der Waals surface area contributed by atoms with Gasteiger partial charge in [-0.05, 0) is 138 Å². The Kier molecular flexibility index (Phi) is 11.7. The molecule has 56 heavy (non-hydrogen) atoms. The Hall–Kier alpha value is -3.81. The maximum absolute atomic E-state index is 15.2. The summed E-state index contributed by atoms with van der Waals surface area (Å²) in [5, 5.41) is 2.53. The van der Waals surface area contributed by atoms with Gasteiger partial charge in [-0.1, -0.05) is 25.6 Å². The van der Waals surface area contributed by atoms with Gasteiger partial charge in [0.15, 0.2) is 9.84 Å². The number of nitrogens with one attached hydrogen (secondary N) is 1. The normalized spacial score (nSPS) is 27.1. The van der Waals surface area contributed by atoms with E-state index in [1.165, 1.54) is 19.3 Å². The van der Waals surface area contributed by atoms with E-state index in [-0.39, 0.29) is 35.6 Å². The molecule has 4 aliphatic heterocycles. The Labute approximate surface area is 332 Å². The molecule has 2 amide bonds. The van der Waals surface area contributed by atoms with Gasteiger partial charge in [-0.15, -0.1) is 0 Å². The van der Waals surface area contributed by atoms with E-state index in [1.807, 2.05) is 18.2 Å². The highest BCUT2D eigenvalue weighted by Crippen LogP contribution is 2.56. The lowest BCUT2D eigenvalue weighted by Crippen LogP contribution is -2.68. The third-order valence-electron chi connectivity index (χ3n) is 13.8. The van der Waals surface area contributed by atoms with Crippen LogP contribution in [-0.2, 0) is 24.8 Å². The largest absolute Gasteiger partial charge is 0.453 e. The first-order valence-electron chi connectivity index (χ1n) is 20.4. The van der Waals surface area contributed by atoms with E-state index in [2.05, 4.69) is 46.3 Å². The molecule has 0 bridgehead atoms. The van der Waals surface area contributed by atoms with Crippen molar-refractivity contribution in [2.24, 2.45) is 16.3 Å². The summed E-state index contributed by atoms with van der Waals surface area (Å²) in [5.74, 6) is -0.305. The zero-order valence-electron chi connectivity index (χ0n) is 33.1. The van der Waals surface area contributed by atoms with Gasteiger partial charge in [-0.3, -0.25) is 9.79 Å². The van der Waals surface area contributed by atoms with E-state index in [0.29, 0.717) is 24.3 Å². The summed E-state index contributed by atoms with van der Waals surface area (Å²) in [6.07, 6.45) is 7.33. The summed E-state index contributed by atoms with van der Waals surface area (Å²) >= 11 is 0. The third kappa shape index (κ3) is 7.51. The standard InChI is InChI=1S/C43H59FN6O5S/c1-5-39(51)49-23-8-12-37(27-49)56(53,54)36-16-14-35(15-17-36)50-29-41(2,30-50)28-48-24-18-32(19-25-48)42(31-47-21-9-22-47,33-10-6-11-34(44)26-33)43(45-3)20-7-13-38(43)46-40(52)55-4/h5-6,10-11,14-17,26,32,37-38H,1,3,7-9,12-13,18-25,27-31H2,2,4H3,(H,46,52)/t37-,38+,42?,43-/m1/s1. The number of carbonyl (C=O) groups is 2. The molecule has 1 saturated carbocycles. The number of hydrogen-bond donors (Lipinski definition) is 1. The fourth-order valence-corrected chi connectivity index (χ4v) is 12.7. The van der Waals surface area contributed by atoms with Gasteiger partial charge in [-0.2, -0.15) is 0 Å². The second-order valence-corrected chi connectivity index (χ2v) is 19.5. The molecule has 0 spiro atoms. The molecule has 2 aromatic rings. The molecule has 304 valence electrons. The van der Waals surface area contributed by atoms with Gasteiger partial charge in [0.05, 0.1) is 28.8 Å². The van der Waals surface area contributed by atoms with E-state index in [9.17, 15) is 18.0 Å². The number of sulfone groups is 1. The van der Waals surface area contributed by atoms with Crippen LogP contribution in [0.25, 0.3) is 0 Å². The molecule has 1 unspecified atom stereocenters. The summed E-state index contributed by atoms with van der Waals surface area (Å²) in [4.78, 5) is 39.1. The molecular weight excluding hydrogens is 732 g/mol. The lowest BCUT2D eigenvalue weighted by molar-refractivity contribution is -0.126. The van der Waals surface area contributed by atoms with Crippen LogP contribution in [0.4, 0.5) is 14.9 Å². The Morgan fingerprint density at radius 2 is 1.73 bits per heavy atom. The SMILES string of the molecule is C=CC(=O)N1CCC[C@@H](S(=O)(=O)c2ccc(N3CC(C)(CN4CCC(C(CN5CCC5)(c5cccc(F)c5)[C@@]5(N=C)CCC[C@@H]5NC(=O)OC)CC4)C3)cc2)C1. The number of ether oxygens (including phenoxy) is 1. The first-order valence-corrected chi connectivity index (χ1v) is 21.9. The molecule has 1 aliphatic carbocycles. The molecule has 4 saturated heterocycles. The van der Waals surface area contributed by atoms with Crippen molar-refractivity contribution < 1.29 is 27.1 Å². The molecule has 5 fully saturated rings. The molecule has 7 rings (SSSR count). The molecule has 0 radical (unpaired) electrons. The zero-order valence-corrected chi connectivity index (χ0v) is 34.0. The van der Waals surface area contributed by atoms with Gasteiger partial charge < -0.3 is 29.7 Å². The summed E-state index contributed by atoms with van der Waals surface area (Å²) in [6.45, 7) is 18.0. The van der Waals surface area contributed by atoms with Crippen LogP contribution < -0.4 is 10.2 Å². The average Bonchev–Trinajstić information content (AvgIpc) is 3.60. The smallest absolute Gasteiger partial charge is 0.407 e. The van der Waals surface area contributed by atoms with Crippen molar-refractivity contribution >= 4 is 34.2 Å². The predicted octanol–water partition coefficient (Wildman–Crippen LogP) is 5.31. The number of piperidine rings is 2. The number of nitrogens with zero attached hydrogens (tertiary/aromatic N) is 5. The van der Waals surface area contributed by atoms with Crippen LogP contribution in [0.5, 0.6) is 0 Å². The number of hydrogen-bond acceptors (Lipinski definition) is 9. The van der Waals surface area contributed by atoms with Crippen LogP contribution in [0.2, 0.25) is 0 Å². The van der Waals surface area contributed by atoms with Crippen LogP contribution >= 0.6 is 0 Å². The monoisotopic (exact) mass is 790 g/mol. The van der Waals surface area contributed by atoms with Crippen LogP contribution in [0.1, 0.15) is 63.9 Å². The van der Waals surface area contributed by atoms with Crippen molar-refractivity contribution in [3.05, 3.63) is 72.6 Å². The van der Waals surface area contributed by atoms with Crippen molar-refractivity contribution in [2.75, 3.05) is 77.5 Å². The molecule has 4 atom stereocenters. The number of anilines is 1. The maximum atomic E-state index is 15.2. The zero-order chi connectivity index (χ0) is 39.7.